The molecule has 0 bridgehead atoms. The van der Waals surface area contributed by atoms with E-state index in [1.807, 2.05) is 0 Å². The topological polar surface area (TPSA) is 98.0 Å². The standard InChI is InChI=1S/C21H20F4N4O2S/c1-20(2,3)29-32(30,31)18-7-5-13(21(23,24)25)9-15(18)12-4-6-14(16(22)8-12)17-10-28-19(26)11-27-17/h4-11,29H,1-3H3,(H2,26,28). The van der Waals surface area contributed by atoms with Gasteiger partial charge in [0.1, 0.15) is 11.6 Å². The van der Waals surface area contributed by atoms with Gasteiger partial charge in [0.2, 0.25) is 10.0 Å². The average Bonchev–Trinajstić information content (AvgIpc) is 2.66. The van der Waals surface area contributed by atoms with Crippen molar-refractivity contribution in [1.82, 2.24) is 14.7 Å². The fourth-order valence-electron chi connectivity index (χ4n) is 2.99. The molecule has 0 spiro atoms. The molecule has 0 aliphatic rings. The number of hydrogen-bond acceptors (Lipinski definition) is 5. The van der Waals surface area contributed by atoms with Crippen LogP contribution in [0.25, 0.3) is 22.4 Å². The molecule has 3 aromatic rings. The van der Waals surface area contributed by atoms with Gasteiger partial charge in [-0.3, -0.25) is 4.98 Å². The van der Waals surface area contributed by atoms with Gasteiger partial charge in [-0.15, -0.1) is 0 Å². The van der Waals surface area contributed by atoms with E-state index >= 15 is 0 Å². The molecular weight excluding hydrogens is 448 g/mol. The van der Waals surface area contributed by atoms with Crippen LogP contribution in [-0.4, -0.2) is 23.9 Å². The van der Waals surface area contributed by atoms with Gasteiger partial charge in [0.05, 0.1) is 28.5 Å². The predicted octanol–water partition coefficient (Wildman–Crippen LogP) is 4.63. The molecule has 3 rings (SSSR count). The van der Waals surface area contributed by atoms with E-state index in [0.717, 1.165) is 12.1 Å². The van der Waals surface area contributed by atoms with Crippen LogP contribution < -0.4 is 10.5 Å². The molecule has 0 atom stereocenters. The minimum absolute atomic E-state index is 0.0328. The van der Waals surface area contributed by atoms with Crippen LogP contribution in [0.2, 0.25) is 0 Å². The lowest BCUT2D eigenvalue weighted by Crippen LogP contribution is -2.40. The van der Waals surface area contributed by atoms with Gasteiger partial charge >= 0.3 is 6.18 Å². The summed E-state index contributed by atoms with van der Waals surface area (Å²) < 4.78 is 83.0. The normalized spacial score (nSPS) is 12.7. The maximum Gasteiger partial charge on any atom is 0.416 e. The highest BCUT2D eigenvalue weighted by molar-refractivity contribution is 7.89. The number of halogens is 4. The lowest BCUT2D eigenvalue weighted by Gasteiger charge is -2.22. The monoisotopic (exact) mass is 468 g/mol. The van der Waals surface area contributed by atoms with Gasteiger partial charge in [0.15, 0.2) is 0 Å². The third-order valence-electron chi connectivity index (χ3n) is 4.26. The molecule has 0 unspecified atom stereocenters. The van der Waals surface area contributed by atoms with Gasteiger partial charge in [-0.05, 0) is 56.7 Å². The maximum atomic E-state index is 14.9. The Balaban J connectivity index is 2.18. The molecule has 0 amide bonds. The second-order valence-corrected chi connectivity index (χ2v) is 9.74. The van der Waals surface area contributed by atoms with Crippen LogP contribution >= 0.6 is 0 Å². The number of alkyl halides is 3. The Kier molecular flexibility index (Phi) is 6.00. The van der Waals surface area contributed by atoms with Crippen LogP contribution in [0.5, 0.6) is 0 Å². The Labute approximate surface area is 182 Å². The van der Waals surface area contributed by atoms with E-state index in [-0.39, 0.29) is 28.2 Å². The Bertz CT molecular complexity index is 1250. The number of nitrogens with one attached hydrogen (secondary N) is 1. The molecular formula is C21H20F4N4O2S. The highest BCUT2D eigenvalue weighted by atomic mass is 32.2. The fraction of sp³-hybridized carbons (Fsp3) is 0.238. The van der Waals surface area contributed by atoms with Crippen molar-refractivity contribution >= 4 is 15.8 Å². The lowest BCUT2D eigenvalue weighted by atomic mass is 10.00. The second-order valence-electron chi connectivity index (χ2n) is 8.09. The number of nitrogens with two attached hydrogens (primary N) is 1. The molecule has 0 saturated heterocycles. The van der Waals surface area contributed by atoms with Crippen molar-refractivity contribution in [3.63, 3.8) is 0 Å². The number of sulfonamides is 1. The van der Waals surface area contributed by atoms with E-state index in [4.69, 9.17) is 5.73 Å². The number of nitrogen functional groups attached to an aromatic ring is 1. The number of hydrogen-bond donors (Lipinski definition) is 2. The van der Waals surface area contributed by atoms with E-state index < -0.39 is 38.0 Å². The van der Waals surface area contributed by atoms with Crippen molar-refractivity contribution in [3.8, 4) is 22.4 Å². The molecule has 1 aromatic heterocycles. The zero-order chi connectivity index (χ0) is 23.9. The summed E-state index contributed by atoms with van der Waals surface area (Å²) in [5, 5.41) is 0. The van der Waals surface area contributed by atoms with Crippen LogP contribution in [0.1, 0.15) is 26.3 Å². The van der Waals surface area contributed by atoms with Gasteiger partial charge < -0.3 is 5.73 Å². The first-order chi connectivity index (χ1) is 14.7. The summed E-state index contributed by atoms with van der Waals surface area (Å²) in [6.07, 6.45) is -2.23. The van der Waals surface area contributed by atoms with Gasteiger partial charge in [-0.2, -0.15) is 13.2 Å². The van der Waals surface area contributed by atoms with Crippen LogP contribution in [-0.2, 0) is 16.2 Å². The van der Waals surface area contributed by atoms with Gasteiger partial charge in [-0.25, -0.2) is 22.5 Å². The Morgan fingerprint density at radius 3 is 2.16 bits per heavy atom. The number of nitrogens with zero attached hydrogens (tertiary/aromatic N) is 2. The van der Waals surface area contributed by atoms with Crippen molar-refractivity contribution in [2.24, 2.45) is 0 Å². The number of anilines is 1. The van der Waals surface area contributed by atoms with Crippen LogP contribution in [0, 0.1) is 5.82 Å². The highest BCUT2D eigenvalue weighted by Gasteiger charge is 2.33. The molecule has 11 heteroatoms. The molecule has 2 aromatic carbocycles. The molecule has 0 saturated carbocycles. The van der Waals surface area contributed by atoms with Crippen molar-refractivity contribution in [1.29, 1.82) is 0 Å². The molecule has 0 aliphatic heterocycles. The molecule has 6 nitrogen and oxygen atoms in total. The first-order valence-electron chi connectivity index (χ1n) is 9.30. The second kappa shape index (κ2) is 8.14. The Hall–Kier alpha value is -3.05. The van der Waals surface area contributed by atoms with E-state index in [0.29, 0.717) is 12.1 Å². The largest absolute Gasteiger partial charge is 0.416 e. The van der Waals surface area contributed by atoms with Crippen LogP contribution in [0.15, 0.2) is 53.7 Å². The highest BCUT2D eigenvalue weighted by Crippen LogP contribution is 2.37. The van der Waals surface area contributed by atoms with Gasteiger partial charge in [0, 0.05) is 16.7 Å². The fourth-order valence-corrected chi connectivity index (χ4v) is 4.62. The van der Waals surface area contributed by atoms with Crippen molar-refractivity contribution < 1.29 is 26.0 Å². The molecule has 0 radical (unpaired) electrons. The summed E-state index contributed by atoms with van der Waals surface area (Å²) in [7, 11) is -4.21. The quantitative estimate of drug-likeness (QED) is 0.544. The smallest absolute Gasteiger partial charge is 0.382 e. The molecule has 170 valence electrons. The van der Waals surface area contributed by atoms with Crippen molar-refractivity contribution in [2.75, 3.05) is 5.73 Å². The van der Waals surface area contributed by atoms with E-state index in [9.17, 15) is 26.0 Å². The first kappa shape index (κ1) is 23.6. The zero-order valence-corrected chi connectivity index (χ0v) is 18.1. The molecule has 0 aliphatic carbocycles. The predicted molar refractivity (Wildman–Crippen MR) is 112 cm³/mol. The summed E-state index contributed by atoms with van der Waals surface area (Å²) in [5.74, 6) is -0.679. The molecule has 32 heavy (non-hydrogen) atoms. The average molecular weight is 468 g/mol. The Morgan fingerprint density at radius 1 is 0.938 bits per heavy atom. The zero-order valence-electron chi connectivity index (χ0n) is 17.3. The third kappa shape index (κ3) is 5.22. The van der Waals surface area contributed by atoms with Crippen LogP contribution in [0.3, 0.4) is 0 Å². The summed E-state index contributed by atoms with van der Waals surface area (Å²) in [6, 6.07) is 5.80. The summed E-state index contributed by atoms with van der Waals surface area (Å²) in [4.78, 5) is 7.40. The van der Waals surface area contributed by atoms with Crippen molar-refractivity contribution in [2.45, 2.75) is 37.4 Å². The maximum absolute atomic E-state index is 14.9. The number of benzene rings is 2. The minimum atomic E-state index is -4.72. The summed E-state index contributed by atoms with van der Waals surface area (Å²) in [5.41, 5.74) is 3.39. The van der Waals surface area contributed by atoms with E-state index in [2.05, 4.69) is 14.7 Å². The Morgan fingerprint density at radius 2 is 1.62 bits per heavy atom. The van der Waals surface area contributed by atoms with Crippen LogP contribution in [0.4, 0.5) is 23.4 Å². The van der Waals surface area contributed by atoms with Crippen molar-refractivity contribution in [3.05, 3.63) is 60.2 Å². The molecule has 0 fully saturated rings. The SMILES string of the molecule is CC(C)(C)NS(=O)(=O)c1ccc(C(F)(F)F)cc1-c1ccc(-c2cnc(N)cn2)c(F)c1. The number of rotatable bonds is 4. The number of aromatic nitrogens is 2. The minimum Gasteiger partial charge on any atom is -0.382 e. The lowest BCUT2D eigenvalue weighted by molar-refractivity contribution is -0.137. The summed E-state index contributed by atoms with van der Waals surface area (Å²) >= 11 is 0. The van der Waals surface area contributed by atoms with Gasteiger partial charge in [-0.1, -0.05) is 6.07 Å². The first-order valence-corrected chi connectivity index (χ1v) is 10.8. The third-order valence-corrected chi connectivity index (χ3v) is 6.08. The molecule has 1 heterocycles. The summed E-state index contributed by atoms with van der Waals surface area (Å²) in [6.45, 7) is 4.78. The van der Waals surface area contributed by atoms with E-state index in [1.54, 1.807) is 20.8 Å². The van der Waals surface area contributed by atoms with E-state index in [1.165, 1.54) is 24.5 Å². The van der Waals surface area contributed by atoms with Gasteiger partial charge in [0.25, 0.3) is 0 Å². The molecule has 3 N–H and O–H groups in total.